The van der Waals surface area contributed by atoms with E-state index in [1.807, 2.05) is 68.7 Å². The zero-order chi connectivity index (χ0) is 20.8. The fourth-order valence-electron chi connectivity index (χ4n) is 2.88. The number of aromatic nitrogens is 3. The molecule has 0 unspecified atom stereocenters. The van der Waals surface area contributed by atoms with Crippen molar-refractivity contribution in [3.8, 4) is 5.75 Å². The Bertz CT molecular complexity index is 1000. The number of nitrogens with zero attached hydrogens (tertiary/aromatic N) is 3. The monoisotopic (exact) mass is 410 g/mol. The number of thioether (sulfide) groups is 1. The molecule has 0 bridgehead atoms. The lowest BCUT2D eigenvalue weighted by molar-refractivity contribution is -0.113. The molecule has 0 saturated heterocycles. The van der Waals surface area contributed by atoms with Crippen molar-refractivity contribution in [1.29, 1.82) is 0 Å². The molecule has 7 heteroatoms. The second kappa shape index (κ2) is 9.60. The van der Waals surface area contributed by atoms with Crippen LogP contribution in [0.4, 0.5) is 5.69 Å². The summed E-state index contributed by atoms with van der Waals surface area (Å²) in [5.41, 5.74) is 4.10. The molecule has 0 spiro atoms. The molecule has 1 N–H and O–H groups in total. The second-order valence-corrected chi connectivity index (χ2v) is 7.79. The molecule has 29 heavy (non-hydrogen) atoms. The average Bonchev–Trinajstić information content (AvgIpc) is 3.10. The van der Waals surface area contributed by atoms with Crippen LogP contribution in [0.15, 0.2) is 47.6 Å². The van der Waals surface area contributed by atoms with Crippen LogP contribution in [0.3, 0.4) is 0 Å². The molecule has 0 atom stereocenters. The molecule has 3 aromatic rings. The van der Waals surface area contributed by atoms with Crippen molar-refractivity contribution in [3.63, 3.8) is 0 Å². The number of benzene rings is 2. The van der Waals surface area contributed by atoms with Gasteiger partial charge in [0.25, 0.3) is 0 Å². The van der Waals surface area contributed by atoms with Gasteiger partial charge in [0.05, 0.1) is 5.75 Å². The molecule has 1 amide bonds. The number of carbonyl (C=O) groups excluding carboxylic acids is 1. The average molecular weight is 411 g/mol. The zero-order valence-corrected chi connectivity index (χ0v) is 18.0. The number of anilines is 1. The van der Waals surface area contributed by atoms with Gasteiger partial charge in [0.15, 0.2) is 11.0 Å². The number of rotatable bonds is 8. The van der Waals surface area contributed by atoms with Crippen molar-refractivity contribution in [2.75, 3.05) is 11.1 Å². The Morgan fingerprint density at radius 1 is 1.10 bits per heavy atom. The number of hydrogen-bond acceptors (Lipinski definition) is 5. The molecule has 0 aliphatic rings. The number of carbonyl (C=O) groups is 1. The lowest BCUT2D eigenvalue weighted by atomic mass is 10.1. The van der Waals surface area contributed by atoms with E-state index in [1.54, 1.807) is 0 Å². The van der Waals surface area contributed by atoms with Crippen LogP contribution in [0.5, 0.6) is 5.75 Å². The fourth-order valence-corrected chi connectivity index (χ4v) is 3.71. The van der Waals surface area contributed by atoms with Gasteiger partial charge in [-0.25, -0.2) is 0 Å². The van der Waals surface area contributed by atoms with Crippen LogP contribution in [0, 0.1) is 20.8 Å². The molecule has 6 nitrogen and oxygen atoms in total. The topological polar surface area (TPSA) is 69.0 Å². The van der Waals surface area contributed by atoms with Crippen LogP contribution in [-0.4, -0.2) is 26.4 Å². The number of nitrogens with one attached hydrogen (secondary N) is 1. The molecule has 1 aromatic heterocycles. The van der Waals surface area contributed by atoms with Gasteiger partial charge in [-0.1, -0.05) is 42.1 Å². The summed E-state index contributed by atoms with van der Waals surface area (Å²) in [7, 11) is 0. The van der Waals surface area contributed by atoms with Gasteiger partial charge in [0.2, 0.25) is 5.91 Å². The zero-order valence-electron chi connectivity index (χ0n) is 17.2. The first kappa shape index (κ1) is 20.9. The summed E-state index contributed by atoms with van der Waals surface area (Å²) in [5, 5.41) is 12.2. The third-order valence-electron chi connectivity index (χ3n) is 4.56. The maximum absolute atomic E-state index is 12.3. The second-order valence-electron chi connectivity index (χ2n) is 6.85. The normalized spacial score (nSPS) is 10.8. The highest BCUT2D eigenvalue weighted by Crippen LogP contribution is 2.22. The fraction of sp³-hybridized carbons (Fsp3) is 0.318. The summed E-state index contributed by atoms with van der Waals surface area (Å²) in [6.45, 7) is 9.10. The van der Waals surface area contributed by atoms with E-state index in [-0.39, 0.29) is 11.7 Å². The smallest absolute Gasteiger partial charge is 0.234 e. The van der Waals surface area contributed by atoms with Crippen LogP contribution < -0.4 is 10.1 Å². The van der Waals surface area contributed by atoms with Gasteiger partial charge in [-0.05, 0) is 56.5 Å². The van der Waals surface area contributed by atoms with Gasteiger partial charge >= 0.3 is 0 Å². The molecule has 0 aliphatic carbocycles. The lowest BCUT2D eigenvalue weighted by Crippen LogP contribution is -2.15. The number of aryl methyl sites for hydroxylation is 3. The quantitative estimate of drug-likeness (QED) is 0.553. The maximum atomic E-state index is 12.3. The summed E-state index contributed by atoms with van der Waals surface area (Å²) in [6, 6.07) is 13.9. The van der Waals surface area contributed by atoms with Crippen LogP contribution in [0.1, 0.15) is 29.4 Å². The van der Waals surface area contributed by atoms with Crippen LogP contribution >= 0.6 is 11.8 Å². The van der Waals surface area contributed by atoms with E-state index in [2.05, 4.69) is 21.6 Å². The van der Waals surface area contributed by atoms with E-state index in [1.165, 1.54) is 11.8 Å². The summed E-state index contributed by atoms with van der Waals surface area (Å²) in [4.78, 5) is 12.3. The lowest BCUT2D eigenvalue weighted by Gasteiger charge is -2.11. The van der Waals surface area contributed by atoms with E-state index < -0.39 is 0 Å². The Morgan fingerprint density at radius 2 is 1.90 bits per heavy atom. The molecule has 0 saturated carbocycles. The summed E-state index contributed by atoms with van der Waals surface area (Å²) >= 11 is 1.37. The molecular formula is C22H26N4O2S. The Kier molecular flexibility index (Phi) is 6.93. The Balaban J connectivity index is 1.61. The van der Waals surface area contributed by atoms with Crippen molar-refractivity contribution < 1.29 is 9.53 Å². The molecule has 1 heterocycles. The number of amides is 1. The highest BCUT2D eigenvalue weighted by atomic mass is 32.2. The van der Waals surface area contributed by atoms with Crippen LogP contribution in [-0.2, 0) is 17.9 Å². The van der Waals surface area contributed by atoms with Gasteiger partial charge in [0.1, 0.15) is 12.4 Å². The van der Waals surface area contributed by atoms with Crippen LogP contribution in [0.25, 0.3) is 0 Å². The SMILES string of the molecule is CCn1c(COc2cc(C)ccc2C)nnc1SCC(=O)Nc1ccccc1C. The van der Waals surface area contributed by atoms with Crippen molar-refractivity contribution >= 4 is 23.4 Å². The van der Waals surface area contributed by atoms with Gasteiger partial charge in [-0.15, -0.1) is 10.2 Å². The summed E-state index contributed by atoms with van der Waals surface area (Å²) in [6.07, 6.45) is 0. The minimum atomic E-state index is -0.0665. The number of hydrogen-bond donors (Lipinski definition) is 1. The summed E-state index contributed by atoms with van der Waals surface area (Å²) in [5.74, 6) is 1.80. The van der Waals surface area contributed by atoms with Crippen molar-refractivity contribution in [2.45, 2.75) is 46.0 Å². The van der Waals surface area contributed by atoms with Crippen molar-refractivity contribution in [3.05, 3.63) is 65.0 Å². The predicted octanol–water partition coefficient (Wildman–Crippen LogP) is 4.53. The Morgan fingerprint density at radius 3 is 2.66 bits per heavy atom. The third-order valence-corrected chi connectivity index (χ3v) is 5.53. The van der Waals surface area contributed by atoms with Gasteiger partial charge in [-0.3, -0.25) is 4.79 Å². The number of para-hydroxylation sites is 1. The van der Waals surface area contributed by atoms with E-state index in [9.17, 15) is 4.79 Å². The van der Waals surface area contributed by atoms with E-state index >= 15 is 0 Å². The predicted molar refractivity (Wildman–Crippen MR) is 116 cm³/mol. The maximum Gasteiger partial charge on any atom is 0.234 e. The largest absolute Gasteiger partial charge is 0.485 e. The third kappa shape index (κ3) is 5.38. The number of ether oxygens (including phenoxy) is 1. The van der Waals surface area contributed by atoms with E-state index in [0.717, 1.165) is 34.0 Å². The van der Waals surface area contributed by atoms with E-state index in [0.29, 0.717) is 18.3 Å². The highest BCUT2D eigenvalue weighted by molar-refractivity contribution is 7.99. The van der Waals surface area contributed by atoms with Crippen molar-refractivity contribution in [2.24, 2.45) is 0 Å². The van der Waals surface area contributed by atoms with Gasteiger partial charge in [-0.2, -0.15) is 0 Å². The Hall–Kier alpha value is -2.80. The molecule has 152 valence electrons. The van der Waals surface area contributed by atoms with Crippen molar-refractivity contribution in [1.82, 2.24) is 14.8 Å². The molecule has 0 fully saturated rings. The first-order chi connectivity index (χ1) is 14.0. The first-order valence-corrected chi connectivity index (χ1v) is 10.6. The molecule has 0 aliphatic heterocycles. The van der Waals surface area contributed by atoms with E-state index in [4.69, 9.17) is 4.74 Å². The standard InChI is InChI=1S/C22H26N4O2S/c1-5-26-20(13-28-19-12-15(2)10-11-17(19)4)24-25-22(26)29-14-21(27)23-18-9-7-6-8-16(18)3/h6-12H,5,13-14H2,1-4H3,(H,23,27). The molecular weight excluding hydrogens is 384 g/mol. The molecule has 2 aromatic carbocycles. The molecule has 0 radical (unpaired) electrons. The minimum absolute atomic E-state index is 0.0665. The minimum Gasteiger partial charge on any atom is -0.485 e. The van der Waals surface area contributed by atoms with Gasteiger partial charge < -0.3 is 14.6 Å². The van der Waals surface area contributed by atoms with Gasteiger partial charge in [0, 0.05) is 12.2 Å². The van der Waals surface area contributed by atoms with Crippen LogP contribution in [0.2, 0.25) is 0 Å². The highest BCUT2D eigenvalue weighted by Gasteiger charge is 2.14. The first-order valence-electron chi connectivity index (χ1n) is 9.58. The summed E-state index contributed by atoms with van der Waals surface area (Å²) < 4.78 is 7.95. The Labute approximate surface area is 175 Å². The molecule has 3 rings (SSSR count).